The van der Waals surface area contributed by atoms with E-state index in [0.717, 1.165) is 0 Å². The van der Waals surface area contributed by atoms with Gasteiger partial charge in [0.2, 0.25) is 6.29 Å². The lowest BCUT2D eigenvalue weighted by molar-refractivity contribution is -0.283. The third-order valence-corrected chi connectivity index (χ3v) is 5.35. The highest BCUT2D eigenvalue weighted by Crippen LogP contribution is 2.37. The summed E-state index contributed by atoms with van der Waals surface area (Å²) in [7, 11) is 0. The molecule has 1 aromatic heterocycles. The van der Waals surface area contributed by atoms with Crippen molar-refractivity contribution in [3.63, 3.8) is 0 Å². The maximum absolute atomic E-state index is 12.1. The van der Waals surface area contributed by atoms with Crippen LogP contribution in [0.15, 0.2) is 33.5 Å². The number of ether oxygens (including phenoxy) is 3. The Labute approximate surface area is 172 Å². The van der Waals surface area contributed by atoms with Crippen LogP contribution in [0, 0.1) is 5.92 Å². The summed E-state index contributed by atoms with van der Waals surface area (Å²) in [6.45, 7) is 6.74. The van der Waals surface area contributed by atoms with Crippen molar-refractivity contribution in [1.82, 2.24) is 0 Å². The molecule has 1 aliphatic heterocycles. The average Bonchev–Trinajstić information content (AvgIpc) is 2.63. The minimum absolute atomic E-state index is 0.00680. The number of hydrogen-bond donors (Lipinski definition) is 2. The Kier molecular flexibility index (Phi) is 5.87. The fourth-order valence-corrected chi connectivity index (χ4v) is 3.46. The lowest BCUT2D eigenvalue weighted by Gasteiger charge is -2.47. The minimum atomic E-state index is -1.29. The molecule has 1 amide bonds. The third-order valence-electron chi connectivity index (χ3n) is 5.35. The number of aliphatic hydroxyl groups excluding tert-OH is 1. The number of aliphatic hydroxyl groups is 1. The number of Topliss-reactive ketones (excluding diaryl/α,β-unsaturated/α-hetero) is 1. The van der Waals surface area contributed by atoms with Crippen molar-refractivity contribution in [2.75, 3.05) is 0 Å². The van der Waals surface area contributed by atoms with Crippen molar-refractivity contribution in [2.24, 2.45) is 11.7 Å². The smallest absolute Gasteiger partial charge is 0.404 e. The highest BCUT2D eigenvalue weighted by molar-refractivity contribution is 5.82. The highest BCUT2D eigenvalue weighted by atomic mass is 16.7. The summed E-state index contributed by atoms with van der Waals surface area (Å²) in [5, 5.41) is 11.2. The maximum Gasteiger partial charge on any atom is 0.404 e. The van der Waals surface area contributed by atoms with Gasteiger partial charge in [0.05, 0.1) is 5.60 Å². The molecule has 0 bridgehead atoms. The SMILES string of the molecule is CC(=O)Cc1cc2ccc(OC3OC(C)(C)[C@H](C)[C@@H](OC(N)=O)[C@@H]3O)cc2oc1=O. The molecule has 1 saturated heterocycles. The molecule has 1 aliphatic rings. The summed E-state index contributed by atoms with van der Waals surface area (Å²) in [5.74, 6) is -0.221. The lowest BCUT2D eigenvalue weighted by atomic mass is 9.82. The summed E-state index contributed by atoms with van der Waals surface area (Å²) in [6, 6.07) is 6.36. The van der Waals surface area contributed by atoms with Crippen molar-refractivity contribution in [2.45, 2.75) is 58.2 Å². The van der Waals surface area contributed by atoms with E-state index in [1.165, 1.54) is 13.0 Å². The lowest BCUT2D eigenvalue weighted by Crippen LogP contribution is -2.60. The molecule has 162 valence electrons. The number of ketones is 1. The van der Waals surface area contributed by atoms with E-state index in [9.17, 15) is 19.5 Å². The Bertz CT molecular complexity index is 1030. The molecule has 3 rings (SSSR count). The number of rotatable bonds is 5. The third kappa shape index (κ3) is 4.47. The zero-order valence-corrected chi connectivity index (χ0v) is 17.2. The number of hydrogen-bond acceptors (Lipinski definition) is 8. The van der Waals surface area contributed by atoms with Crippen molar-refractivity contribution >= 4 is 22.8 Å². The van der Waals surface area contributed by atoms with Gasteiger partial charge in [-0.3, -0.25) is 4.79 Å². The van der Waals surface area contributed by atoms with Gasteiger partial charge >= 0.3 is 11.7 Å². The minimum Gasteiger partial charge on any atom is -0.462 e. The molecule has 9 nitrogen and oxygen atoms in total. The summed E-state index contributed by atoms with van der Waals surface area (Å²) in [5.41, 5.74) is 4.28. The summed E-state index contributed by atoms with van der Waals surface area (Å²) in [4.78, 5) is 34.7. The van der Waals surface area contributed by atoms with E-state index in [4.69, 9.17) is 24.4 Å². The first-order valence-electron chi connectivity index (χ1n) is 9.53. The number of carbonyl (C=O) groups is 2. The van der Waals surface area contributed by atoms with Gasteiger partial charge in [0.25, 0.3) is 0 Å². The summed E-state index contributed by atoms with van der Waals surface area (Å²) < 4.78 is 22.1. The molecule has 30 heavy (non-hydrogen) atoms. The van der Waals surface area contributed by atoms with Crippen LogP contribution in [0.5, 0.6) is 5.75 Å². The van der Waals surface area contributed by atoms with Crippen LogP contribution in [0.1, 0.15) is 33.3 Å². The molecule has 0 aliphatic carbocycles. The molecule has 3 N–H and O–H groups in total. The summed E-state index contributed by atoms with van der Waals surface area (Å²) in [6.07, 6.45) is -4.38. The van der Waals surface area contributed by atoms with E-state index < -0.39 is 35.8 Å². The standard InChI is InChI=1S/C21H25NO8/c1-10(23)7-13-8-12-5-6-14(9-15(12)28-18(13)25)27-19-16(24)17(29-20(22)26)11(2)21(3,4)30-19/h5-6,8-9,11,16-17,19,24H,7H2,1-4H3,(H2,22,26)/t11-,16+,17-,19?/m1/s1. The van der Waals surface area contributed by atoms with Crippen molar-refractivity contribution in [1.29, 1.82) is 0 Å². The van der Waals surface area contributed by atoms with Gasteiger partial charge in [0.1, 0.15) is 23.2 Å². The Morgan fingerprint density at radius 2 is 1.97 bits per heavy atom. The molecule has 9 heteroatoms. The van der Waals surface area contributed by atoms with Crippen molar-refractivity contribution < 1.29 is 33.3 Å². The van der Waals surface area contributed by atoms with Gasteiger partial charge in [0.15, 0.2) is 6.10 Å². The van der Waals surface area contributed by atoms with Crippen LogP contribution in [0.4, 0.5) is 4.79 Å². The molecular weight excluding hydrogens is 394 g/mol. The van der Waals surface area contributed by atoms with Crippen LogP contribution in [0.2, 0.25) is 0 Å². The second-order valence-corrected chi connectivity index (χ2v) is 8.03. The Hall–Kier alpha value is -2.91. The van der Waals surface area contributed by atoms with Crippen LogP contribution in [0.3, 0.4) is 0 Å². The first-order valence-corrected chi connectivity index (χ1v) is 9.53. The first kappa shape index (κ1) is 21.8. The number of benzene rings is 1. The molecule has 2 heterocycles. The normalized spacial score (nSPS) is 25.6. The molecule has 0 spiro atoms. The van der Waals surface area contributed by atoms with Gasteiger partial charge in [-0.25, -0.2) is 9.59 Å². The monoisotopic (exact) mass is 419 g/mol. The van der Waals surface area contributed by atoms with E-state index in [0.29, 0.717) is 5.39 Å². The van der Waals surface area contributed by atoms with Gasteiger partial charge < -0.3 is 29.5 Å². The summed E-state index contributed by atoms with van der Waals surface area (Å²) >= 11 is 0. The Balaban J connectivity index is 1.88. The fourth-order valence-electron chi connectivity index (χ4n) is 3.46. The van der Waals surface area contributed by atoms with E-state index in [1.54, 1.807) is 39.0 Å². The van der Waals surface area contributed by atoms with E-state index in [2.05, 4.69) is 0 Å². The average molecular weight is 419 g/mol. The zero-order chi connectivity index (χ0) is 22.2. The van der Waals surface area contributed by atoms with Crippen LogP contribution in [0.25, 0.3) is 11.0 Å². The zero-order valence-electron chi connectivity index (χ0n) is 17.2. The predicted octanol–water partition coefficient (Wildman–Crippen LogP) is 1.90. The Morgan fingerprint density at radius 3 is 2.60 bits per heavy atom. The number of amides is 1. The molecule has 0 radical (unpaired) electrons. The van der Waals surface area contributed by atoms with Crippen molar-refractivity contribution in [3.8, 4) is 5.75 Å². The molecule has 2 aromatic rings. The largest absolute Gasteiger partial charge is 0.462 e. The Morgan fingerprint density at radius 1 is 1.27 bits per heavy atom. The molecule has 1 aromatic carbocycles. The highest BCUT2D eigenvalue weighted by Gasteiger charge is 2.50. The topological polar surface area (TPSA) is 138 Å². The van der Waals surface area contributed by atoms with Crippen LogP contribution in [-0.4, -0.2) is 41.1 Å². The quantitative estimate of drug-likeness (QED) is 0.701. The first-order chi connectivity index (χ1) is 14.0. The fraction of sp³-hybridized carbons (Fsp3) is 0.476. The number of carbonyl (C=O) groups excluding carboxylic acids is 2. The van der Waals surface area contributed by atoms with E-state index in [1.807, 2.05) is 0 Å². The number of nitrogens with two attached hydrogens (primary N) is 1. The van der Waals surface area contributed by atoms with Gasteiger partial charge in [-0.15, -0.1) is 0 Å². The van der Waals surface area contributed by atoms with E-state index in [-0.39, 0.29) is 35.0 Å². The predicted molar refractivity (Wildman–Crippen MR) is 106 cm³/mol. The van der Waals surface area contributed by atoms with Crippen molar-refractivity contribution in [3.05, 3.63) is 40.2 Å². The van der Waals surface area contributed by atoms with Gasteiger partial charge in [-0.05, 0) is 39.0 Å². The van der Waals surface area contributed by atoms with Crippen LogP contribution < -0.4 is 16.1 Å². The second-order valence-electron chi connectivity index (χ2n) is 8.03. The molecule has 1 unspecified atom stereocenters. The van der Waals surface area contributed by atoms with Gasteiger partial charge in [-0.2, -0.15) is 0 Å². The molecule has 1 fully saturated rings. The molecule has 4 atom stereocenters. The maximum atomic E-state index is 12.1. The number of primary amides is 1. The van der Waals surface area contributed by atoms with Gasteiger partial charge in [-0.1, -0.05) is 6.92 Å². The molecular formula is C21H25NO8. The van der Waals surface area contributed by atoms with Crippen LogP contribution >= 0.6 is 0 Å². The number of fused-ring (bicyclic) bond motifs is 1. The second kappa shape index (κ2) is 8.08. The van der Waals surface area contributed by atoms with E-state index >= 15 is 0 Å². The molecule has 0 saturated carbocycles. The van der Waals surface area contributed by atoms with Crippen LogP contribution in [-0.2, 0) is 20.7 Å². The van der Waals surface area contributed by atoms with Gasteiger partial charge in [0, 0.05) is 29.4 Å².